The van der Waals surface area contributed by atoms with E-state index in [4.69, 9.17) is 11.6 Å². The predicted octanol–water partition coefficient (Wildman–Crippen LogP) is 2.41. The van der Waals surface area contributed by atoms with Crippen LogP contribution in [0.5, 0.6) is 0 Å². The van der Waals surface area contributed by atoms with Crippen LogP contribution >= 0.6 is 11.6 Å². The molecule has 1 aliphatic rings. The van der Waals surface area contributed by atoms with Gasteiger partial charge in [-0.1, -0.05) is 18.0 Å². The topological polar surface area (TPSA) is 41.1 Å². The number of rotatable bonds is 4. The van der Waals surface area contributed by atoms with Crippen LogP contribution in [0.1, 0.15) is 19.3 Å². The molecule has 0 bridgehead atoms. The van der Waals surface area contributed by atoms with Gasteiger partial charge < -0.3 is 10.2 Å². The SMILES string of the molecule is CNc1c(Cl)ncnc1N(C)CC1CCC1. The molecule has 0 amide bonds. The van der Waals surface area contributed by atoms with Crippen molar-refractivity contribution in [2.75, 3.05) is 30.9 Å². The van der Waals surface area contributed by atoms with Crippen molar-refractivity contribution in [3.8, 4) is 0 Å². The molecule has 4 nitrogen and oxygen atoms in total. The van der Waals surface area contributed by atoms with Crippen LogP contribution in [-0.2, 0) is 0 Å². The van der Waals surface area contributed by atoms with E-state index in [-0.39, 0.29) is 0 Å². The summed E-state index contributed by atoms with van der Waals surface area (Å²) in [5.74, 6) is 1.69. The van der Waals surface area contributed by atoms with E-state index in [1.165, 1.54) is 25.6 Å². The van der Waals surface area contributed by atoms with E-state index in [0.29, 0.717) is 5.15 Å². The fraction of sp³-hybridized carbons (Fsp3) is 0.636. The zero-order valence-corrected chi connectivity index (χ0v) is 10.5. The maximum Gasteiger partial charge on any atom is 0.157 e. The fourth-order valence-corrected chi connectivity index (χ4v) is 2.23. The van der Waals surface area contributed by atoms with Crippen molar-refractivity contribution in [1.29, 1.82) is 0 Å². The highest BCUT2D eigenvalue weighted by Crippen LogP contribution is 2.32. The van der Waals surface area contributed by atoms with Gasteiger partial charge in [0, 0.05) is 20.6 Å². The highest BCUT2D eigenvalue weighted by molar-refractivity contribution is 6.32. The lowest BCUT2D eigenvalue weighted by Gasteiger charge is -2.31. The molecular weight excluding hydrogens is 224 g/mol. The monoisotopic (exact) mass is 240 g/mol. The van der Waals surface area contributed by atoms with Crippen LogP contribution in [0.15, 0.2) is 6.33 Å². The molecule has 88 valence electrons. The molecule has 1 aromatic heterocycles. The summed E-state index contributed by atoms with van der Waals surface area (Å²) in [7, 11) is 3.89. The van der Waals surface area contributed by atoms with Crippen molar-refractivity contribution in [2.24, 2.45) is 5.92 Å². The van der Waals surface area contributed by atoms with Crippen molar-refractivity contribution in [3.05, 3.63) is 11.5 Å². The molecule has 0 spiro atoms. The Morgan fingerprint density at radius 3 is 2.81 bits per heavy atom. The van der Waals surface area contributed by atoms with E-state index in [1.807, 2.05) is 7.05 Å². The molecule has 16 heavy (non-hydrogen) atoms. The van der Waals surface area contributed by atoms with Crippen LogP contribution in [-0.4, -0.2) is 30.6 Å². The van der Waals surface area contributed by atoms with Crippen LogP contribution in [0.4, 0.5) is 11.5 Å². The van der Waals surface area contributed by atoms with Crippen molar-refractivity contribution in [3.63, 3.8) is 0 Å². The van der Waals surface area contributed by atoms with E-state index in [0.717, 1.165) is 24.0 Å². The van der Waals surface area contributed by atoms with Crippen LogP contribution in [0.2, 0.25) is 5.15 Å². The minimum atomic E-state index is 0.480. The smallest absolute Gasteiger partial charge is 0.157 e. The Morgan fingerprint density at radius 2 is 2.25 bits per heavy atom. The number of halogens is 1. The van der Waals surface area contributed by atoms with Crippen molar-refractivity contribution in [1.82, 2.24) is 9.97 Å². The molecule has 0 unspecified atom stereocenters. The summed E-state index contributed by atoms with van der Waals surface area (Å²) in [5, 5.41) is 3.54. The summed E-state index contributed by atoms with van der Waals surface area (Å²) in [6.07, 6.45) is 5.54. The van der Waals surface area contributed by atoms with E-state index < -0.39 is 0 Å². The van der Waals surface area contributed by atoms with Gasteiger partial charge in [-0.25, -0.2) is 9.97 Å². The second-order valence-electron chi connectivity index (χ2n) is 4.29. The summed E-state index contributed by atoms with van der Waals surface area (Å²) in [6.45, 7) is 1.04. The van der Waals surface area contributed by atoms with E-state index in [2.05, 4.69) is 27.2 Å². The molecule has 0 atom stereocenters. The average molecular weight is 241 g/mol. The van der Waals surface area contributed by atoms with Crippen LogP contribution < -0.4 is 10.2 Å². The molecule has 1 aliphatic carbocycles. The first-order valence-corrected chi connectivity index (χ1v) is 5.99. The third-order valence-corrected chi connectivity index (χ3v) is 3.44. The van der Waals surface area contributed by atoms with Crippen LogP contribution in [0.3, 0.4) is 0 Å². The van der Waals surface area contributed by atoms with E-state index in [9.17, 15) is 0 Å². The lowest BCUT2D eigenvalue weighted by Crippen LogP contribution is -2.30. The number of anilines is 2. The van der Waals surface area contributed by atoms with E-state index >= 15 is 0 Å². The van der Waals surface area contributed by atoms with Crippen molar-refractivity contribution in [2.45, 2.75) is 19.3 Å². The van der Waals surface area contributed by atoms with Gasteiger partial charge in [0.15, 0.2) is 11.0 Å². The Morgan fingerprint density at radius 1 is 1.50 bits per heavy atom. The number of hydrogen-bond donors (Lipinski definition) is 1. The van der Waals surface area contributed by atoms with Gasteiger partial charge in [0.05, 0.1) is 0 Å². The van der Waals surface area contributed by atoms with Gasteiger partial charge >= 0.3 is 0 Å². The third-order valence-electron chi connectivity index (χ3n) is 3.15. The first-order chi connectivity index (χ1) is 7.72. The van der Waals surface area contributed by atoms with Crippen LogP contribution in [0.25, 0.3) is 0 Å². The quantitative estimate of drug-likeness (QED) is 0.821. The van der Waals surface area contributed by atoms with Gasteiger partial charge in [-0.3, -0.25) is 0 Å². The number of hydrogen-bond acceptors (Lipinski definition) is 4. The van der Waals surface area contributed by atoms with Crippen molar-refractivity contribution >= 4 is 23.1 Å². The molecule has 1 aromatic rings. The highest BCUT2D eigenvalue weighted by atomic mass is 35.5. The van der Waals surface area contributed by atoms with Gasteiger partial charge in [0.25, 0.3) is 0 Å². The molecule has 1 saturated carbocycles. The molecule has 0 aromatic carbocycles. The molecule has 0 aliphatic heterocycles. The summed E-state index contributed by atoms with van der Waals surface area (Å²) in [4.78, 5) is 10.4. The molecular formula is C11H17ClN4. The van der Waals surface area contributed by atoms with Gasteiger partial charge in [0.1, 0.15) is 12.0 Å². The largest absolute Gasteiger partial charge is 0.383 e. The van der Waals surface area contributed by atoms with Gasteiger partial charge in [0.2, 0.25) is 0 Å². The number of nitrogens with one attached hydrogen (secondary N) is 1. The molecule has 5 heteroatoms. The second-order valence-corrected chi connectivity index (χ2v) is 4.65. The standard InChI is InChI=1S/C11H17ClN4/c1-13-9-10(12)14-7-15-11(9)16(2)6-8-4-3-5-8/h7-8,13H,3-6H2,1-2H3. The van der Waals surface area contributed by atoms with Crippen molar-refractivity contribution < 1.29 is 0 Å². The molecule has 1 fully saturated rings. The Balaban J connectivity index is 2.14. The minimum Gasteiger partial charge on any atom is -0.383 e. The highest BCUT2D eigenvalue weighted by Gasteiger charge is 2.21. The summed E-state index contributed by atoms with van der Waals surface area (Å²) >= 11 is 6.02. The molecule has 1 heterocycles. The zero-order valence-electron chi connectivity index (χ0n) is 9.70. The Labute approximate surface area is 101 Å². The normalized spacial score (nSPS) is 15.7. The Hall–Kier alpha value is -1.03. The summed E-state index contributed by atoms with van der Waals surface area (Å²) in [6, 6.07) is 0. The summed E-state index contributed by atoms with van der Waals surface area (Å²) < 4.78 is 0. The third kappa shape index (κ3) is 2.21. The van der Waals surface area contributed by atoms with Crippen LogP contribution in [0, 0.1) is 5.92 Å². The first-order valence-electron chi connectivity index (χ1n) is 5.61. The lowest BCUT2D eigenvalue weighted by molar-refractivity contribution is 0.321. The van der Waals surface area contributed by atoms with Gasteiger partial charge in [-0.15, -0.1) is 0 Å². The zero-order chi connectivity index (χ0) is 11.5. The maximum atomic E-state index is 6.02. The average Bonchev–Trinajstić information content (AvgIpc) is 2.22. The molecule has 0 radical (unpaired) electrons. The minimum absolute atomic E-state index is 0.480. The van der Waals surface area contributed by atoms with Gasteiger partial charge in [-0.05, 0) is 18.8 Å². The first kappa shape index (κ1) is 11.5. The molecule has 1 N–H and O–H groups in total. The van der Waals surface area contributed by atoms with Gasteiger partial charge in [-0.2, -0.15) is 0 Å². The number of nitrogens with zero attached hydrogens (tertiary/aromatic N) is 3. The predicted molar refractivity (Wildman–Crippen MR) is 67.2 cm³/mol. The molecule has 2 rings (SSSR count). The lowest BCUT2D eigenvalue weighted by atomic mass is 9.85. The maximum absolute atomic E-state index is 6.02. The fourth-order valence-electron chi connectivity index (χ4n) is 2.01. The Kier molecular flexibility index (Phi) is 3.49. The summed E-state index contributed by atoms with van der Waals surface area (Å²) in [5.41, 5.74) is 0.811. The second kappa shape index (κ2) is 4.87. The molecule has 0 saturated heterocycles. The Bertz CT molecular complexity index is 365. The number of aromatic nitrogens is 2. The van der Waals surface area contributed by atoms with E-state index in [1.54, 1.807) is 0 Å².